The molecule has 15 heavy (non-hydrogen) atoms. The largest absolute Gasteiger partial charge is 0.395 e. The molecule has 0 aromatic carbocycles. The van der Waals surface area contributed by atoms with Crippen molar-refractivity contribution in [1.29, 1.82) is 5.26 Å². The Balaban J connectivity index is 2.12. The highest BCUT2D eigenvalue weighted by Gasteiger charge is 2.27. The van der Waals surface area contributed by atoms with E-state index in [-0.39, 0.29) is 12.1 Å². The van der Waals surface area contributed by atoms with Gasteiger partial charge in [-0.25, -0.2) is 4.98 Å². The number of nitrogen functional groups attached to an aromatic ring is 1. The second-order valence-corrected chi connectivity index (χ2v) is 3.70. The van der Waals surface area contributed by atoms with Gasteiger partial charge < -0.3 is 16.2 Å². The first kappa shape index (κ1) is 9.74. The average molecular weight is 204 g/mol. The highest BCUT2D eigenvalue weighted by Crippen LogP contribution is 2.26. The molecule has 0 spiro atoms. The Bertz CT molecular complexity index is 406. The van der Waals surface area contributed by atoms with Crippen molar-refractivity contribution in [2.24, 2.45) is 0 Å². The number of aromatic nitrogens is 1. The van der Waals surface area contributed by atoms with Crippen LogP contribution in [0.3, 0.4) is 0 Å². The number of aliphatic hydroxyl groups is 1. The smallest absolute Gasteiger partial charge is 0.150 e. The molecule has 0 aliphatic heterocycles. The molecule has 1 saturated carbocycles. The van der Waals surface area contributed by atoms with Crippen LogP contribution in [0, 0.1) is 11.3 Å². The van der Waals surface area contributed by atoms with E-state index in [0.717, 1.165) is 0 Å². The second-order valence-electron chi connectivity index (χ2n) is 3.70. The maximum Gasteiger partial charge on any atom is 0.150 e. The molecule has 1 fully saturated rings. The number of nitrogens with one attached hydrogen (secondary N) is 1. The summed E-state index contributed by atoms with van der Waals surface area (Å²) in [7, 11) is 0. The van der Waals surface area contributed by atoms with Gasteiger partial charge in [0.25, 0.3) is 0 Å². The van der Waals surface area contributed by atoms with Gasteiger partial charge in [-0.05, 0) is 18.9 Å². The molecule has 1 aromatic heterocycles. The van der Waals surface area contributed by atoms with Gasteiger partial charge in [0.1, 0.15) is 6.07 Å². The van der Waals surface area contributed by atoms with Crippen molar-refractivity contribution in [1.82, 2.24) is 4.98 Å². The third-order valence-corrected chi connectivity index (χ3v) is 2.56. The Labute approximate surface area is 87.5 Å². The molecule has 1 heterocycles. The van der Waals surface area contributed by atoms with Crippen LogP contribution in [-0.4, -0.2) is 22.2 Å². The van der Waals surface area contributed by atoms with Crippen LogP contribution in [0.15, 0.2) is 12.3 Å². The first-order valence-electron chi connectivity index (χ1n) is 4.80. The standard InChI is InChI=1S/C10H12N4O/c11-5-6-1-2-13-10(9(6)12)14-7-3-8(15)4-7/h1-2,7-8,15H,3-4,12H2,(H,13,14). The van der Waals surface area contributed by atoms with E-state index >= 15 is 0 Å². The van der Waals surface area contributed by atoms with Crippen molar-refractivity contribution < 1.29 is 5.11 Å². The molecule has 78 valence electrons. The quantitative estimate of drug-likeness (QED) is 0.651. The third-order valence-electron chi connectivity index (χ3n) is 2.56. The van der Waals surface area contributed by atoms with Crippen molar-refractivity contribution in [2.75, 3.05) is 11.1 Å². The average Bonchev–Trinajstić information content (AvgIpc) is 2.18. The van der Waals surface area contributed by atoms with Crippen molar-refractivity contribution in [2.45, 2.75) is 25.0 Å². The molecule has 2 rings (SSSR count). The topological polar surface area (TPSA) is 95.0 Å². The molecular formula is C10H12N4O. The molecule has 0 bridgehead atoms. The van der Waals surface area contributed by atoms with Crippen molar-refractivity contribution >= 4 is 11.5 Å². The minimum absolute atomic E-state index is 0.212. The van der Waals surface area contributed by atoms with E-state index in [1.54, 1.807) is 12.3 Å². The predicted molar refractivity (Wildman–Crippen MR) is 56.0 cm³/mol. The molecule has 1 aliphatic rings. The maximum atomic E-state index is 9.12. The molecule has 1 aromatic rings. The lowest BCUT2D eigenvalue weighted by molar-refractivity contribution is 0.0835. The van der Waals surface area contributed by atoms with Gasteiger partial charge in [0.2, 0.25) is 0 Å². The summed E-state index contributed by atoms with van der Waals surface area (Å²) >= 11 is 0. The highest BCUT2D eigenvalue weighted by molar-refractivity contribution is 5.69. The summed E-state index contributed by atoms with van der Waals surface area (Å²) in [4.78, 5) is 4.06. The number of nitriles is 1. The fraction of sp³-hybridized carbons (Fsp3) is 0.400. The third kappa shape index (κ3) is 1.85. The van der Waals surface area contributed by atoms with E-state index in [9.17, 15) is 0 Å². The van der Waals surface area contributed by atoms with E-state index in [4.69, 9.17) is 16.1 Å². The van der Waals surface area contributed by atoms with Crippen molar-refractivity contribution in [3.05, 3.63) is 17.8 Å². The zero-order chi connectivity index (χ0) is 10.8. The van der Waals surface area contributed by atoms with Gasteiger partial charge in [-0.15, -0.1) is 0 Å². The Hall–Kier alpha value is -1.80. The van der Waals surface area contributed by atoms with E-state index in [0.29, 0.717) is 29.9 Å². The van der Waals surface area contributed by atoms with Crippen molar-refractivity contribution in [3.8, 4) is 6.07 Å². The number of nitrogens with zero attached hydrogens (tertiary/aromatic N) is 2. The Morgan fingerprint density at radius 1 is 1.60 bits per heavy atom. The molecule has 0 radical (unpaired) electrons. The second kappa shape index (κ2) is 3.75. The lowest BCUT2D eigenvalue weighted by atomic mass is 9.89. The van der Waals surface area contributed by atoms with E-state index < -0.39 is 0 Å². The lowest BCUT2D eigenvalue weighted by Gasteiger charge is -2.32. The minimum Gasteiger partial charge on any atom is -0.395 e. The van der Waals surface area contributed by atoms with Gasteiger partial charge in [-0.3, -0.25) is 0 Å². The summed E-state index contributed by atoms with van der Waals surface area (Å²) in [6, 6.07) is 3.79. The predicted octanol–water partition coefficient (Wildman–Crippen LogP) is 0.471. The van der Waals surface area contributed by atoms with Crippen LogP contribution in [0.25, 0.3) is 0 Å². The fourth-order valence-corrected chi connectivity index (χ4v) is 1.58. The monoisotopic (exact) mass is 204 g/mol. The number of hydrogen-bond acceptors (Lipinski definition) is 5. The number of rotatable bonds is 2. The van der Waals surface area contributed by atoms with E-state index in [2.05, 4.69) is 10.3 Å². The lowest BCUT2D eigenvalue weighted by Crippen LogP contribution is -2.39. The van der Waals surface area contributed by atoms with Gasteiger partial charge in [0.05, 0.1) is 17.4 Å². The first-order chi connectivity index (χ1) is 7.20. The Morgan fingerprint density at radius 2 is 2.33 bits per heavy atom. The molecule has 1 aliphatic carbocycles. The van der Waals surface area contributed by atoms with Crippen LogP contribution in [0.5, 0.6) is 0 Å². The van der Waals surface area contributed by atoms with Gasteiger partial charge in [-0.2, -0.15) is 5.26 Å². The van der Waals surface area contributed by atoms with Crippen LogP contribution in [0.1, 0.15) is 18.4 Å². The van der Waals surface area contributed by atoms with Crippen LogP contribution >= 0.6 is 0 Å². The molecular weight excluding hydrogens is 192 g/mol. The van der Waals surface area contributed by atoms with Crippen molar-refractivity contribution in [3.63, 3.8) is 0 Å². The zero-order valence-corrected chi connectivity index (χ0v) is 8.14. The van der Waals surface area contributed by atoms with Gasteiger partial charge >= 0.3 is 0 Å². The van der Waals surface area contributed by atoms with Gasteiger partial charge in [-0.1, -0.05) is 0 Å². The summed E-state index contributed by atoms with van der Waals surface area (Å²) in [5, 5.41) is 21.0. The number of nitrogens with two attached hydrogens (primary N) is 1. The molecule has 5 nitrogen and oxygen atoms in total. The summed E-state index contributed by atoms with van der Waals surface area (Å²) in [5.41, 5.74) is 6.55. The summed E-state index contributed by atoms with van der Waals surface area (Å²) < 4.78 is 0. The number of hydrogen-bond donors (Lipinski definition) is 3. The highest BCUT2D eigenvalue weighted by atomic mass is 16.3. The summed E-state index contributed by atoms with van der Waals surface area (Å²) in [6.45, 7) is 0. The first-order valence-corrected chi connectivity index (χ1v) is 4.80. The molecule has 0 amide bonds. The summed E-state index contributed by atoms with van der Waals surface area (Å²) in [5.74, 6) is 0.533. The van der Waals surface area contributed by atoms with Gasteiger partial charge in [0.15, 0.2) is 5.82 Å². The Kier molecular flexibility index (Phi) is 2.44. The van der Waals surface area contributed by atoms with E-state index in [1.807, 2.05) is 6.07 Å². The van der Waals surface area contributed by atoms with Gasteiger partial charge in [0, 0.05) is 12.2 Å². The molecule has 4 N–H and O–H groups in total. The molecule has 0 saturated heterocycles. The summed E-state index contributed by atoms with van der Waals surface area (Å²) in [6.07, 6.45) is 2.74. The minimum atomic E-state index is -0.220. The number of anilines is 2. The number of aliphatic hydroxyl groups excluding tert-OH is 1. The molecule has 0 atom stereocenters. The molecule has 0 unspecified atom stereocenters. The van der Waals surface area contributed by atoms with Crippen LogP contribution in [0.2, 0.25) is 0 Å². The maximum absolute atomic E-state index is 9.12. The zero-order valence-electron chi connectivity index (χ0n) is 8.14. The normalized spacial score (nSPS) is 24.0. The Morgan fingerprint density at radius 3 is 2.93 bits per heavy atom. The number of pyridine rings is 1. The molecule has 5 heteroatoms. The van der Waals surface area contributed by atoms with Crippen LogP contribution < -0.4 is 11.1 Å². The fourth-order valence-electron chi connectivity index (χ4n) is 1.58. The van der Waals surface area contributed by atoms with Crippen LogP contribution in [0.4, 0.5) is 11.5 Å². The SMILES string of the molecule is N#Cc1ccnc(NC2CC(O)C2)c1N. The van der Waals surface area contributed by atoms with Crippen LogP contribution in [-0.2, 0) is 0 Å². The van der Waals surface area contributed by atoms with E-state index in [1.165, 1.54) is 0 Å².